The van der Waals surface area contributed by atoms with Gasteiger partial charge in [-0.05, 0) is 71.8 Å². The van der Waals surface area contributed by atoms with Gasteiger partial charge in [0.25, 0.3) is 0 Å². The monoisotopic (exact) mass is 793 g/mol. The summed E-state index contributed by atoms with van der Waals surface area (Å²) in [7, 11) is 0. The third-order valence-corrected chi connectivity index (χ3v) is 11.7. The Balaban J connectivity index is 1.15. The molecule has 0 fully saturated rings. The maximum absolute atomic E-state index is 5.22. The van der Waals surface area contributed by atoms with Gasteiger partial charge in [-0.2, -0.15) is 0 Å². The van der Waals surface area contributed by atoms with E-state index in [0.29, 0.717) is 23.2 Å². The molecule has 7 nitrogen and oxygen atoms in total. The van der Waals surface area contributed by atoms with Crippen molar-refractivity contribution in [2.45, 2.75) is 0 Å². The van der Waals surface area contributed by atoms with Gasteiger partial charge < -0.3 is 9.13 Å². The van der Waals surface area contributed by atoms with Crippen LogP contribution in [0.15, 0.2) is 213 Å². The highest BCUT2D eigenvalue weighted by atomic mass is 15.1. The van der Waals surface area contributed by atoms with E-state index in [4.69, 9.17) is 24.9 Å². The molecule has 62 heavy (non-hydrogen) atoms. The van der Waals surface area contributed by atoms with Crippen molar-refractivity contribution in [2.75, 3.05) is 0 Å². The van der Waals surface area contributed by atoms with E-state index in [0.717, 1.165) is 72.0 Å². The zero-order valence-electron chi connectivity index (χ0n) is 33.3. The van der Waals surface area contributed by atoms with Crippen LogP contribution in [0.4, 0.5) is 0 Å². The van der Waals surface area contributed by atoms with Crippen molar-refractivity contribution in [2.24, 2.45) is 0 Å². The second kappa shape index (κ2) is 14.6. The molecule has 290 valence electrons. The van der Waals surface area contributed by atoms with Crippen molar-refractivity contribution in [3.63, 3.8) is 0 Å². The molecule has 5 heterocycles. The van der Waals surface area contributed by atoms with E-state index in [9.17, 15) is 0 Å². The Morgan fingerprint density at radius 3 is 1.23 bits per heavy atom. The van der Waals surface area contributed by atoms with Crippen LogP contribution in [0, 0.1) is 0 Å². The number of para-hydroxylation sites is 2. The molecule has 0 spiro atoms. The molecule has 0 saturated heterocycles. The summed E-state index contributed by atoms with van der Waals surface area (Å²) in [5.41, 5.74) is 13.0. The predicted octanol–water partition coefficient (Wildman–Crippen LogP) is 13.2. The van der Waals surface area contributed by atoms with E-state index in [2.05, 4.69) is 143 Å². The fourth-order valence-corrected chi connectivity index (χ4v) is 8.89. The maximum atomic E-state index is 5.22. The fraction of sp³-hybridized carbons (Fsp3) is 0. The highest BCUT2D eigenvalue weighted by molar-refractivity contribution is 6.20. The summed E-state index contributed by atoms with van der Waals surface area (Å²) < 4.78 is 4.65. The number of benzene rings is 7. The zero-order valence-corrected chi connectivity index (χ0v) is 33.3. The fourth-order valence-electron chi connectivity index (χ4n) is 8.89. The molecule has 0 bridgehead atoms. The zero-order chi connectivity index (χ0) is 41.0. The van der Waals surface area contributed by atoms with E-state index < -0.39 is 0 Å². The molecule has 7 aromatic carbocycles. The molecule has 12 rings (SSSR count). The molecule has 0 aliphatic heterocycles. The van der Waals surface area contributed by atoms with Gasteiger partial charge in [-0.3, -0.25) is 9.97 Å². The summed E-state index contributed by atoms with van der Waals surface area (Å²) in [6, 6.07) is 69.4. The van der Waals surface area contributed by atoms with Gasteiger partial charge in [0.2, 0.25) is 0 Å². The van der Waals surface area contributed by atoms with Crippen LogP contribution in [-0.4, -0.2) is 34.1 Å². The average Bonchev–Trinajstić information content (AvgIpc) is 3.87. The van der Waals surface area contributed by atoms with Crippen molar-refractivity contribution in [1.82, 2.24) is 34.1 Å². The summed E-state index contributed by atoms with van der Waals surface area (Å²) in [5, 5.41) is 4.19. The Morgan fingerprint density at radius 2 is 0.694 bits per heavy atom. The number of nitrogens with zero attached hydrogens (tertiary/aromatic N) is 7. The quantitative estimate of drug-likeness (QED) is 0.161. The Labute approximate surface area is 356 Å². The smallest absolute Gasteiger partial charge is 0.183 e. The molecule has 0 radical (unpaired) electrons. The van der Waals surface area contributed by atoms with Gasteiger partial charge in [-0.25, -0.2) is 15.0 Å². The lowest BCUT2D eigenvalue weighted by molar-refractivity contribution is 1.06. The van der Waals surface area contributed by atoms with Crippen LogP contribution in [0.3, 0.4) is 0 Å². The predicted molar refractivity (Wildman–Crippen MR) is 251 cm³/mol. The number of pyridine rings is 2. The first kappa shape index (κ1) is 35.4. The van der Waals surface area contributed by atoms with Crippen molar-refractivity contribution in [3.8, 4) is 68.1 Å². The first-order valence-electron chi connectivity index (χ1n) is 20.7. The molecule has 7 heteroatoms. The lowest BCUT2D eigenvalue weighted by Crippen LogP contribution is -2.01. The van der Waals surface area contributed by atoms with Crippen LogP contribution in [0.25, 0.3) is 112 Å². The van der Waals surface area contributed by atoms with Gasteiger partial charge >= 0.3 is 0 Å². The molecule has 0 amide bonds. The van der Waals surface area contributed by atoms with Crippen LogP contribution < -0.4 is 0 Å². The first-order chi connectivity index (χ1) is 30.8. The molecule has 0 aliphatic rings. The van der Waals surface area contributed by atoms with E-state index in [1.807, 2.05) is 79.1 Å². The van der Waals surface area contributed by atoms with Gasteiger partial charge in [0.1, 0.15) is 5.69 Å². The SMILES string of the molecule is c1ccc(-c2ccc3c(c2)c2cc(-c4nccc5c4c4c(-c6nc(-c7ccccc7)nc(-c7ccccc7)n6)nccc4n5-c4ccccc4)ccc2n3-c2ccccc2)cc1. The second-order valence-corrected chi connectivity index (χ2v) is 15.3. The molecule has 0 aliphatic carbocycles. The van der Waals surface area contributed by atoms with E-state index in [1.54, 1.807) is 0 Å². The molecule has 0 unspecified atom stereocenters. The minimum atomic E-state index is 0.486. The average molecular weight is 794 g/mol. The third kappa shape index (κ3) is 5.86. The van der Waals surface area contributed by atoms with Crippen LogP contribution in [0.5, 0.6) is 0 Å². The van der Waals surface area contributed by atoms with Gasteiger partial charge in [-0.1, -0.05) is 140 Å². The molecule has 5 aromatic heterocycles. The lowest BCUT2D eigenvalue weighted by atomic mass is 10.00. The summed E-state index contributed by atoms with van der Waals surface area (Å²) in [4.78, 5) is 25.6. The highest BCUT2D eigenvalue weighted by Gasteiger charge is 2.24. The van der Waals surface area contributed by atoms with E-state index in [-0.39, 0.29) is 0 Å². The lowest BCUT2D eigenvalue weighted by Gasteiger charge is -2.10. The van der Waals surface area contributed by atoms with Crippen molar-refractivity contribution < 1.29 is 0 Å². The van der Waals surface area contributed by atoms with Gasteiger partial charge in [0, 0.05) is 62.0 Å². The molecule has 0 N–H and O–H groups in total. The van der Waals surface area contributed by atoms with Gasteiger partial charge in [0.05, 0.1) is 27.8 Å². The summed E-state index contributed by atoms with van der Waals surface area (Å²) in [6.07, 6.45) is 3.77. The third-order valence-electron chi connectivity index (χ3n) is 11.7. The largest absolute Gasteiger partial charge is 0.309 e. The molecular formula is C55H35N7. The van der Waals surface area contributed by atoms with Crippen molar-refractivity contribution in [1.29, 1.82) is 0 Å². The highest BCUT2D eigenvalue weighted by Crippen LogP contribution is 2.43. The summed E-state index contributed by atoms with van der Waals surface area (Å²) in [6.45, 7) is 0. The maximum Gasteiger partial charge on any atom is 0.183 e. The molecule has 0 atom stereocenters. The Bertz CT molecular complexity index is 3550. The standard InChI is InChI=1S/C55H35N7/c1-6-16-36(17-7-1)39-26-28-45-43(34-39)44-35-40(27-29-46(44)61(45)41-22-12-4-13-23-41)51-49-47(30-32-56-51)62(42-24-14-5-15-25-42)48-31-33-57-52(50(48)49)55-59-53(37-18-8-2-9-19-37)58-54(60-55)38-20-10-3-11-21-38/h1-35H. The van der Waals surface area contributed by atoms with Crippen LogP contribution in [0.1, 0.15) is 0 Å². The Hall–Kier alpha value is -8.55. The van der Waals surface area contributed by atoms with Gasteiger partial charge in [0.15, 0.2) is 17.5 Å². The summed E-state index contributed by atoms with van der Waals surface area (Å²) >= 11 is 0. The van der Waals surface area contributed by atoms with Crippen molar-refractivity contribution in [3.05, 3.63) is 213 Å². The van der Waals surface area contributed by atoms with Crippen LogP contribution >= 0.6 is 0 Å². The summed E-state index contributed by atoms with van der Waals surface area (Å²) in [5.74, 6) is 1.64. The Kier molecular flexibility index (Phi) is 8.35. The van der Waals surface area contributed by atoms with Crippen molar-refractivity contribution >= 4 is 43.6 Å². The number of rotatable bonds is 7. The normalized spacial score (nSPS) is 11.5. The van der Waals surface area contributed by atoms with Gasteiger partial charge in [-0.15, -0.1) is 0 Å². The number of hydrogen-bond donors (Lipinski definition) is 0. The molecular weight excluding hydrogens is 759 g/mol. The van der Waals surface area contributed by atoms with E-state index >= 15 is 0 Å². The molecule has 12 aromatic rings. The number of aromatic nitrogens is 7. The van der Waals surface area contributed by atoms with Crippen LogP contribution in [0.2, 0.25) is 0 Å². The number of hydrogen-bond acceptors (Lipinski definition) is 5. The van der Waals surface area contributed by atoms with Crippen LogP contribution in [-0.2, 0) is 0 Å². The Morgan fingerprint density at radius 1 is 0.290 bits per heavy atom. The molecule has 0 saturated carbocycles. The minimum Gasteiger partial charge on any atom is -0.309 e. The topological polar surface area (TPSA) is 74.3 Å². The minimum absolute atomic E-state index is 0.486. The first-order valence-corrected chi connectivity index (χ1v) is 20.7. The second-order valence-electron chi connectivity index (χ2n) is 15.3. The number of fused-ring (bicyclic) bond motifs is 6. The van der Waals surface area contributed by atoms with E-state index in [1.165, 1.54) is 16.5 Å².